The molecule has 1 aliphatic rings. The van der Waals surface area contributed by atoms with Gasteiger partial charge in [0.1, 0.15) is 5.54 Å². The highest BCUT2D eigenvalue weighted by Gasteiger charge is 2.38. The molecule has 0 aromatic carbocycles. The summed E-state index contributed by atoms with van der Waals surface area (Å²) in [6.07, 6.45) is 1.21. The molecule has 1 aliphatic heterocycles. The Balaban J connectivity index is 2.69. The van der Waals surface area contributed by atoms with Gasteiger partial charge in [0.15, 0.2) is 0 Å². The molecule has 0 aromatic heterocycles. The molecule has 0 aliphatic carbocycles. The molecule has 1 rings (SSSR count). The van der Waals surface area contributed by atoms with Gasteiger partial charge >= 0.3 is 5.97 Å². The number of nitrogens with one attached hydrogen (secondary N) is 1. The lowest BCUT2D eigenvalue weighted by molar-refractivity contribution is -0.148. The molecule has 4 heteroatoms. The number of likely N-dealkylation sites (tertiary alicyclic amines) is 1. The standard InChI is InChI=1S/C13H26N2O2/c1-6-14-13(4,12(16)17-5)9-15-8-10(2)7-11(15)3/h10-11,14H,6-9H2,1-5H3. The number of carbonyl (C=O) groups is 1. The number of ether oxygens (including phenoxy) is 1. The van der Waals surface area contributed by atoms with Crippen molar-refractivity contribution >= 4 is 5.97 Å². The molecule has 3 unspecified atom stereocenters. The number of carbonyl (C=O) groups excluding carboxylic acids is 1. The van der Waals surface area contributed by atoms with Crippen molar-refractivity contribution in [3.8, 4) is 0 Å². The molecule has 1 heterocycles. The summed E-state index contributed by atoms with van der Waals surface area (Å²) < 4.78 is 4.91. The molecule has 0 aromatic rings. The number of esters is 1. The van der Waals surface area contributed by atoms with Crippen LogP contribution in [0, 0.1) is 5.92 Å². The van der Waals surface area contributed by atoms with Gasteiger partial charge in [0, 0.05) is 19.1 Å². The van der Waals surface area contributed by atoms with Crippen LogP contribution in [0.3, 0.4) is 0 Å². The van der Waals surface area contributed by atoms with Crippen LogP contribution in [-0.4, -0.2) is 49.2 Å². The maximum absolute atomic E-state index is 11.9. The summed E-state index contributed by atoms with van der Waals surface area (Å²) in [6, 6.07) is 0.549. The molecule has 17 heavy (non-hydrogen) atoms. The molecule has 100 valence electrons. The molecule has 0 radical (unpaired) electrons. The Kier molecular flexibility index (Phi) is 4.95. The fraction of sp³-hybridized carbons (Fsp3) is 0.923. The molecule has 4 nitrogen and oxygen atoms in total. The van der Waals surface area contributed by atoms with Gasteiger partial charge in [-0.1, -0.05) is 13.8 Å². The van der Waals surface area contributed by atoms with E-state index in [0.29, 0.717) is 12.0 Å². The Labute approximate surface area is 105 Å². The van der Waals surface area contributed by atoms with Crippen LogP contribution in [-0.2, 0) is 9.53 Å². The fourth-order valence-electron chi connectivity index (χ4n) is 2.82. The largest absolute Gasteiger partial charge is 0.468 e. The van der Waals surface area contributed by atoms with Gasteiger partial charge < -0.3 is 10.1 Å². The lowest BCUT2D eigenvalue weighted by Crippen LogP contribution is -2.57. The Hall–Kier alpha value is -0.610. The number of hydrogen-bond donors (Lipinski definition) is 1. The van der Waals surface area contributed by atoms with Crippen molar-refractivity contribution in [3.05, 3.63) is 0 Å². The monoisotopic (exact) mass is 242 g/mol. The number of hydrogen-bond acceptors (Lipinski definition) is 4. The van der Waals surface area contributed by atoms with Crippen LogP contribution < -0.4 is 5.32 Å². The Morgan fingerprint density at radius 2 is 2.18 bits per heavy atom. The molecular weight excluding hydrogens is 216 g/mol. The number of rotatable bonds is 5. The van der Waals surface area contributed by atoms with Gasteiger partial charge in [-0.25, -0.2) is 0 Å². The van der Waals surface area contributed by atoms with Crippen molar-refractivity contribution in [2.75, 3.05) is 26.7 Å². The lowest BCUT2D eigenvalue weighted by atomic mass is 10.0. The van der Waals surface area contributed by atoms with E-state index in [1.165, 1.54) is 13.5 Å². The van der Waals surface area contributed by atoms with Crippen LogP contribution in [0.15, 0.2) is 0 Å². The van der Waals surface area contributed by atoms with Crippen LogP contribution in [0.2, 0.25) is 0 Å². The third-order valence-corrected chi connectivity index (χ3v) is 3.64. The molecule has 1 saturated heterocycles. The van der Waals surface area contributed by atoms with Gasteiger partial charge in [-0.05, 0) is 32.7 Å². The SMILES string of the molecule is CCNC(C)(CN1CC(C)CC1C)C(=O)OC. The second-order valence-corrected chi connectivity index (χ2v) is 5.47. The predicted molar refractivity (Wildman–Crippen MR) is 68.9 cm³/mol. The van der Waals surface area contributed by atoms with Crippen LogP contribution in [0.5, 0.6) is 0 Å². The van der Waals surface area contributed by atoms with Crippen molar-refractivity contribution in [1.82, 2.24) is 10.2 Å². The van der Waals surface area contributed by atoms with Crippen LogP contribution >= 0.6 is 0 Å². The van der Waals surface area contributed by atoms with Crippen LogP contribution in [0.1, 0.15) is 34.1 Å². The second kappa shape index (κ2) is 5.83. The zero-order valence-electron chi connectivity index (χ0n) is 11.7. The van der Waals surface area contributed by atoms with E-state index >= 15 is 0 Å². The lowest BCUT2D eigenvalue weighted by Gasteiger charge is -2.34. The Bertz CT molecular complexity index is 270. The van der Waals surface area contributed by atoms with E-state index in [4.69, 9.17) is 4.74 Å². The number of methoxy groups -OCH3 is 1. The minimum atomic E-state index is -0.595. The first-order chi connectivity index (χ1) is 7.92. The van der Waals surface area contributed by atoms with Crippen molar-refractivity contribution in [2.45, 2.75) is 45.7 Å². The number of likely N-dealkylation sites (N-methyl/N-ethyl adjacent to an activating group) is 1. The summed E-state index contributed by atoms with van der Waals surface area (Å²) in [5.74, 6) is 0.541. The normalized spacial score (nSPS) is 29.0. The Morgan fingerprint density at radius 3 is 2.59 bits per heavy atom. The highest BCUT2D eigenvalue weighted by atomic mass is 16.5. The van der Waals surface area contributed by atoms with E-state index < -0.39 is 5.54 Å². The van der Waals surface area contributed by atoms with E-state index in [2.05, 4.69) is 24.1 Å². The van der Waals surface area contributed by atoms with Gasteiger partial charge in [-0.15, -0.1) is 0 Å². The zero-order valence-corrected chi connectivity index (χ0v) is 11.7. The first-order valence-corrected chi connectivity index (χ1v) is 6.50. The van der Waals surface area contributed by atoms with E-state index in [0.717, 1.165) is 19.6 Å². The first-order valence-electron chi connectivity index (χ1n) is 6.50. The highest BCUT2D eigenvalue weighted by Crippen LogP contribution is 2.24. The summed E-state index contributed by atoms with van der Waals surface area (Å²) in [7, 11) is 1.45. The van der Waals surface area contributed by atoms with Crippen LogP contribution in [0.4, 0.5) is 0 Å². The fourth-order valence-corrected chi connectivity index (χ4v) is 2.82. The average molecular weight is 242 g/mol. The van der Waals surface area contributed by atoms with E-state index in [1.54, 1.807) is 0 Å². The molecule has 1 fully saturated rings. The van der Waals surface area contributed by atoms with Crippen molar-refractivity contribution in [3.63, 3.8) is 0 Å². The van der Waals surface area contributed by atoms with Gasteiger partial charge in [0.05, 0.1) is 7.11 Å². The smallest absolute Gasteiger partial charge is 0.327 e. The summed E-state index contributed by atoms with van der Waals surface area (Å²) >= 11 is 0. The van der Waals surface area contributed by atoms with E-state index in [1.807, 2.05) is 13.8 Å². The molecule has 0 amide bonds. The minimum absolute atomic E-state index is 0.175. The first kappa shape index (κ1) is 14.5. The molecule has 1 N–H and O–H groups in total. The summed E-state index contributed by atoms with van der Waals surface area (Å²) in [6.45, 7) is 11.0. The second-order valence-electron chi connectivity index (χ2n) is 5.47. The third-order valence-electron chi connectivity index (χ3n) is 3.64. The molecule has 0 bridgehead atoms. The highest BCUT2D eigenvalue weighted by molar-refractivity contribution is 5.80. The van der Waals surface area contributed by atoms with E-state index in [-0.39, 0.29) is 5.97 Å². The van der Waals surface area contributed by atoms with Crippen molar-refractivity contribution in [2.24, 2.45) is 5.92 Å². The maximum atomic E-state index is 11.9. The van der Waals surface area contributed by atoms with Crippen molar-refractivity contribution in [1.29, 1.82) is 0 Å². The topological polar surface area (TPSA) is 41.6 Å². The third kappa shape index (κ3) is 3.42. The van der Waals surface area contributed by atoms with E-state index in [9.17, 15) is 4.79 Å². The number of nitrogens with zero attached hydrogens (tertiary/aromatic N) is 1. The zero-order chi connectivity index (χ0) is 13.1. The molecule has 0 saturated carbocycles. The maximum Gasteiger partial charge on any atom is 0.327 e. The van der Waals surface area contributed by atoms with Crippen molar-refractivity contribution < 1.29 is 9.53 Å². The van der Waals surface area contributed by atoms with Gasteiger partial charge in [-0.2, -0.15) is 0 Å². The molecular formula is C13H26N2O2. The molecule has 0 spiro atoms. The molecule has 3 atom stereocenters. The summed E-state index contributed by atoms with van der Waals surface area (Å²) in [5, 5.41) is 3.26. The van der Waals surface area contributed by atoms with Crippen LogP contribution in [0.25, 0.3) is 0 Å². The average Bonchev–Trinajstić information content (AvgIpc) is 2.56. The van der Waals surface area contributed by atoms with Gasteiger partial charge in [-0.3, -0.25) is 9.69 Å². The minimum Gasteiger partial charge on any atom is -0.468 e. The van der Waals surface area contributed by atoms with Gasteiger partial charge in [0.25, 0.3) is 0 Å². The Morgan fingerprint density at radius 1 is 1.53 bits per heavy atom. The quantitative estimate of drug-likeness (QED) is 0.737. The predicted octanol–water partition coefficient (Wildman–Crippen LogP) is 1.26. The summed E-state index contributed by atoms with van der Waals surface area (Å²) in [4.78, 5) is 14.3. The van der Waals surface area contributed by atoms with Gasteiger partial charge in [0.2, 0.25) is 0 Å². The summed E-state index contributed by atoms with van der Waals surface area (Å²) in [5.41, 5.74) is -0.595.